The van der Waals surface area contributed by atoms with Crippen LogP contribution in [0, 0.1) is 0 Å². The molecule has 2 rings (SSSR count). The van der Waals surface area contributed by atoms with Crippen LogP contribution in [0.5, 0.6) is 11.5 Å². The number of benzene rings is 1. The first kappa shape index (κ1) is 16.8. The predicted molar refractivity (Wildman–Crippen MR) is 84.1 cm³/mol. The Kier molecular flexibility index (Phi) is 6.24. The maximum Gasteiger partial charge on any atom is 0.188 e. The van der Waals surface area contributed by atoms with Gasteiger partial charge in [-0.25, -0.2) is 0 Å². The normalized spacial score (nSPS) is 21.4. The van der Waals surface area contributed by atoms with Crippen LogP contribution in [0.3, 0.4) is 0 Å². The van der Waals surface area contributed by atoms with Crippen molar-refractivity contribution < 1.29 is 23.7 Å². The van der Waals surface area contributed by atoms with E-state index in [0.29, 0.717) is 5.75 Å². The molecule has 1 heterocycles. The number of hydrogen-bond acceptors (Lipinski definition) is 5. The van der Waals surface area contributed by atoms with Crippen molar-refractivity contribution in [2.24, 2.45) is 0 Å². The molecule has 0 fully saturated rings. The molecule has 1 aliphatic rings. The van der Waals surface area contributed by atoms with Gasteiger partial charge >= 0.3 is 0 Å². The number of methoxy groups -OCH3 is 2. The minimum atomic E-state index is 0.0958. The summed E-state index contributed by atoms with van der Waals surface area (Å²) in [7, 11) is 3.19. The largest absolute Gasteiger partial charge is 0.467 e. The topological polar surface area (TPSA) is 46.2 Å². The fraction of sp³-hybridized carbons (Fsp3) is 0.529. The molecule has 0 radical (unpaired) electrons. The summed E-state index contributed by atoms with van der Waals surface area (Å²) in [5, 5.41) is 0. The van der Waals surface area contributed by atoms with Gasteiger partial charge in [0.15, 0.2) is 13.6 Å². The molecule has 0 aliphatic carbocycles. The molecule has 0 saturated heterocycles. The van der Waals surface area contributed by atoms with Crippen molar-refractivity contribution in [3.63, 3.8) is 0 Å². The van der Waals surface area contributed by atoms with Crippen molar-refractivity contribution in [1.82, 2.24) is 0 Å². The van der Waals surface area contributed by atoms with E-state index in [4.69, 9.17) is 23.7 Å². The van der Waals surface area contributed by atoms with Gasteiger partial charge in [-0.3, -0.25) is 0 Å². The Morgan fingerprint density at radius 2 is 1.82 bits per heavy atom. The number of rotatable bonds is 7. The van der Waals surface area contributed by atoms with Gasteiger partial charge in [0.1, 0.15) is 11.5 Å². The summed E-state index contributed by atoms with van der Waals surface area (Å²) in [6.45, 7) is 4.51. The zero-order valence-corrected chi connectivity index (χ0v) is 13.6. The van der Waals surface area contributed by atoms with Crippen molar-refractivity contribution in [2.45, 2.75) is 32.5 Å². The fourth-order valence-corrected chi connectivity index (χ4v) is 2.54. The second kappa shape index (κ2) is 8.17. The van der Waals surface area contributed by atoms with Crippen LogP contribution in [0.1, 0.15) is 25.8 Å². The molecule has 0 unspecified atom stereocenters. The van der Waals surface area contributed by atoms with Gasteiger partial charge in [0, 0.05) is 25.8 Å². The quantitative estimate of drug-likeness (QED) is 0.724. The molecule has 22 heavy (non-hydrogen) atoms. The zero-order valence-electron chi connectivity index (χ0n) is 13.6. The third kappa shape index (κ3) is 4.47. The van der Waals surface area contributed by atoms with E-state index in [1.54, 1.807) is 14.2 Å². The molecule has 0 spiro atoms. The van der Waals surface area contributed by atoms with Gasteiger partial charge in [0.2, 0.25) is 0 Å². The van der Waals surface area contributed by atoms with Crippen molar-refractivity contribution in [2.75, 3.05) is 27.8 Å². The van der Waals surface area contributed by atoms with Gasteiger partial charge in [-0.05, 0) is 38.0 Å². The van der Waals surface area contributed by atoms with Crippen molar-refractivity contribution in [3.8, 4) is 11.5 Å². The Bertz CT molecular complexity index is 512. The van der Waals surface area contributed by atoms with Crippen LogP contribution in [-0.2, 0) is 14.2 Å². The third-order valence-corrected chi connectivity index (χ3v) is 3.36. The van der Waals surface area contributed by atoms with E-state index in [1.165, 1.54) is 5.57 Å². The first-order valence-corrected chi connectivity index (χ1v) is 7.38. The number of hydrogen-bond donors (Lipinski definition) is 0. The second-order valence-corrected chi connectivity index (χ2v) is 5.31. The smallest absolute Gasteiger partial charge is 0.188 e. The van der Waals surface area contributed by atoms with Crippen molar-refractivity contribution in [1.29, 1.82) is 0 Å². The molecule has 1 aliphatic heterocycles. The first-order valence-electron chi connectivity index (χ1n) is 7.38. The van der Waals surface area contributed by atoms with E-state index in [0.717, 1.165) is 17.7 Å². The highest BCUT2D eigenvalue weighted by Crippen LogP contribution is 2.35. The average Bonchev–Trinajstić information content (AvgIpc) is 2.50. The Labute approximate surface area is 131 Å². The fourth-order valence-electron chi connectivity index (χ4n) is 2.54. The van der Waals surface area contributed by atoms with Crippen LogP contribution in [0.15, 0.2) is 24.3 Å². The highest BCUT2D eigenvalue weighted by molar-refractivity contribution is 5.72. The van der Waals surface area contributed by atoms with Crippen LogP contribution >= 0.6 is 0 Å². The molecule has 2 atom stereocenters. The summed E-state index contributed by atoms with van der Waals surface area (Å²) in [5.74, 6) is 1.44. The van der Waals surface area contributed by atoms with Gasteiger partial charge in [0.05, 0.1) is 12.2 Å². The molecule has 1 aromatic rings. The minimum Gasteiger partial charge on any atom is -0.467 e. The van der Waals surface area contributed by atoms with E-state index in [-0.39, 0.29) is 25.8 Å². The standard InChI is InChI=1S/C17H24O5/c1-12-7-14(8-13(2)22-12)16-6-5-15(20-10-18-3)9-17(16)21-11-19-4/h5-7,9,12-13H,8,10-11H2,1-4H3/t12-,13+/m1/s1. The second-order valence-electron chi connectivity index (χ2n) is 5.31. The molecule has 0 aromatic heterocycles. The van der Waals surface area contributed by atoms with Gasteiger partial charge in [0.25, 0.3) is 0 Å². The summed E-state index contributed by atoms with van der Waals surface area (Å²) in [6, 6.07) is 5.78. The monoisotopic (exact) mass is 308 g/mol. The lowest BCUT2D eigenvalue weighted by atomic mass is 9.95. The van der Waals surface area contributed by atoms with Crippen LogP contribution in [0.25, 0.3) is 5.57 Å². The summed E-state index contributed by atoms with van der Waals surface area (Å²) in [5.41, 5.74) is 2.26. The lowest BCUT2D eigenvalue weighted by Crippen LogP contribution is -2.21. The van der Waals surface area contributed by atoms with E-state index >= 15 is 0 Å². The molecular weight excluding hydrogens is 284 g/mol. The molecule has 0 bridgehead atoms. The van der Waals surface area contributed by atoms with Gasteiger partial charge < -0.3 is 23.7 Å². The highest BCUT2D eigenvalue weighted by atomic mass is 16.7. The SMILES string of the molecule is COCOc1ccc(C2=C[C@@H](C)O[C@@H](C)C2)c(OCOC)c1. The Morgan fingerprint density at radius 1 is 1.09 bits per heavy atom. The van der Waals surface area contributed by atoms with Crippen LogP contribution < -0.4 is 9.47 Å². The van der Waals surface area contributed by atoms with Gasteiger partial charge in [-0.2, -0.15) is 0 Å². The van der Waals surface area contributed by atoms with E-state index < -0.39 is 0 Å². The Balaban J connectivity index is 2.28. The predicted octanol–water partition coefficient (Wildman–Crippen LogP) is 3.23. The maximum absolute atomic E-state index is 5.75. The first-order chi connectivity index (χ1) is 10.6. The Morgan fingerprint density at radius 3 is 2.50 bits per heavy atom. The molecule has 1 aromatic carbocycles. The van der Waals surface area contributed by atoms with E-state index in [9.17, 15) is 0 Å². The molecule has 0 saturated carbocycles. The highest BCUT2D eigenvalue weighted by Gasteiger charge is 2.20. The third-order valence-electron chi connectivity index (χ3n) is 3.36. The summed E-state index contributed by atoms with van der Waals surface area (Å²) < 4.78 is 26.9. The maximum atomic E-state index is 5.75. The lowest BCUT2D eigenvalue weighted by Gasteiger charge is -2.26. The van der Waals surface area contributed by atoms with Crippen LogP contribution in [0.4, 0.5) is 0 Å². The number of ether oxygens (including phenoxy) is 5. The molecule has 122 valence electrons. The van der Waals surface area contributed by atoms with Crippen LogP contribution in [0.2, 0.25) is 0 Å². The van der Waals surface area contributed by atoms with Crippen molar-refractivity contribution in [3.05, 3.63) is 29.8 Å². The van der Waals surface area contributed by atoms with E-state index in [2.05, 4.69) is 13.0 Å². The summed E-state index contributed by atoms with van der Waals surface area (Å²) in [4.78, 5) is 0. The zero-order chi connectivity index (χ0) is 15.9. The van der Waals surface area contributed by atoms with Crippen LogP contribution in [-0.4, -0.2) is 40.0 Å². The van der Waals surface area contributed by atoms with E-state index in [1.807, 2.05) is 25.1 Å². The minimum absolute atomic E-state index is 0.0958. The summed E-state index contributed by atoms with van der Waals surface area (Å²) >= 11 is 0. The lowest BCUT2D eigenvalue weighted by molar-refractivity contribution is 0.0300. The molecule has 0 amide bonds. The molecule has 5 heteroatoms. The summed E-state index contributed by atoms with van der Waals surface area (Å²) in [6.07, 6.45) is 3.27. The average molecular weight is 308 g/mol. The van der Waals surface area contributed by atoms with Gasteiger partial charge in [-0.1, -0.05) is 6.08 Å². The molecule has 0 N–H and O–H groups in total. The van der Waals surface area contributed by atoms with Gasteiger partial charge in [-0.15, -0.1) is 0 Å². The Hall–Kier alpha value is -1.56. The molecular formula is C17H24O5. The van der Waals surface area contributed by atoms with Crippen molar-refractivity contribution >= 4 is 5.57 Å². The molecule has 5 nitrogen and oxygen atoms in total.